The number of amidine groups is 1. The van der Waals surface area contributed by atoms with E-state index in [1.165, 1.54) is 18.0 Å². The van der Waals surface area contributed by atoms with Crippen LogP contribution in [0.15, 0.2) is 34.9 Å². The van der Waals surface area contributed by atoms with E-state index in [4.69, 9.17) is 0 Å². The van der Waals surface area contributed by atoms with Gasteiger partial charge in [0.15, 0.2) is 17.5 Å². The van der Waals surface area contributed by atoms with Crippen LogP contribution in [0.1, 0.15) is 5.56 Å². The molecule has 0 amide bonds. The fourth-order valence-electron chi connectivity index (χ4n) is 2.02. The number of rotatable bonds is 1. The normalized spacial score (nSPS) is 17.9. The van der Waals surface area contributed by atoms with Gasteiger partial charge in [-0.1, -0.05) is 0 Å². The lowest BCUT2D eigenvalue weighted by Gasteiger charge is -2.29. The van der Waals surface area contributed by atoms with Gasteiger partial charge in [0.05, 0.1) is 0 Å². The Balaban J connectivity index is 2.11. The Morgan fingerprint density at radius 1 is 1.16 bits per heavy atom. The van der Waals surface area contributed by atoms with Crippen LogP contribution in [0.5, 0.6) is 0 Å². The third kappa shape index (κ3) is 2.06. The lowest BCUT2D eigenvalue weighted by Crippen LogP contribution is -2.33. The lowest BCUT2D eigenvalue weighted by molar-refractivity contribution is 0.445. The summed E-state index contributed by atoms with van der Waals surface area (Å²) in [7, 11) is 0. The largest absolute Gasteiger partial charge is 0.331 e. The van der Waals surface area contributed by atoms with Crippen LogP contribution in [-0.4, -0.2) is 23.0 Å². The fourth-order valence-corrected chi connectivity index (χ4v) is 2.71. The molecule has 2 aliphatic rings. The van der Waals surface area contributed by atoms with Gasteiger partial charge in [-0.15, -0.1) is 0 Å². The highest BCUT2D eigenvalue weighted by molar-refractivity contribution is 7.98. The Kier molecular flexibility index (Phi) is 3.10. The second-order valence-electron chi connectivity index (χ2n) is 4.09. The molecule has 6 heteroatoms. The number of halogens is 3. The first kappa shape index (κ1) is 12.3. The van der Waals surface area contributed by atoms with E-state index in [1.54, 1.807) is 12.2 Å². The van der Waals surface area contributed by atoms with Crippen LogP contribution < -0.4 is 0 Å². The highest BCUT2D eigenvalue weighted by Gasteiger charge is 2.25. The van der Waals surface area contributed by atoms with Gasteiger partial charge in [-0.3, -0.25) is 0 Å². The molecule has 0 aromatic heterocycles. The summed E-state index contributed by atoms with van der Waals surface area (Å²) in [5.74, 6) is -2.42. The monoisotopic (exact) mass is 282 g/mol. The van der Waals surface area contributed by atoms with Crippen molar-refractivity contribution in [2.45, 2.75) is 0 Å². The van der Waals surface area contributed by atoms with E-state index >= 15 is 0 Å². The number of hydrogen-bond acceptors (Lipinski definition) is 3. The standard InChI is InChI=1S/C13H9F3N2S/c14-10-4-3-8(11(15)12(10)16)9-2-1-5-18-6-7-19-17-13(9)18/h1-5H,6-7H2. The fraction of sp³-hybridized carbons (Fsp3) is 0.154. The summed E-state index contributed by atoms with van der Waals surface area (Å²) in [6, 6.07) is 2.16. The van der Waals surface area contributed by atoms with Crippen LogP contribution in [0.2, 0.25) is 0 Å². The maximum absolute atomic E-state index is 13.8. The Morgan fingerprint density at radius 3 is 2.84 bits per heavy atom. The average molecular weight is 282 g/mol. The number of nitrogens with zero attached hydrogens (tertiary/aromatic N) is 2. The summed E-state index contributed by atoms with van der Waals surface area (Å²) in [5.41, 5.74) is 0.487. The Bertz CT molecular complexity index is 623. The number of hydrogen-bond donors (Lipinski definition) is 0. The van der Waals surface area contributed by atoms with Gasteiger partial charge < -0.3 is 4.90 Å². The second-order valence-corrected chi connectivity index (χ2v) is 4.94. The van der Waals surface area contributed by atoms with Crippen molar-refractivity contribution in [1.82, 2.24) is 4.90 Å². The van der Waals surface area contributed by atoms with Crippen LogP contribution in [0, 0.1) is 17.5 Å². The molecule has 2 aliphatic heterocycles. The minimum absolute atomic E-state index is 0.0227. The van der Waals surface area contributed by atoms with Gasteiger partial charge in [0, 0.05) is 29.6 Å². The topological polar surface area (TPSA) is 15.6 Å². The molecular formula is C13H9F3N2S. The molecule has 0 bridgehead atoms. The van der Waals surface area contributed by atoms with E-state index < -0.39 is 17.5 Å². The first-order valence-corrected chi connectivity index (χ1v) is 6.62. The van der Waals surface area contributed by atoms with Crippen molar-refractivity contribution in [2.24, 2.45) is 4.40 Å². The average Bonchev–Trinajstić information content (AvgIpc) is 2.45. The lowest BCUT2D eigenvalue weighted by atomic mass is 10.0. The van der Waals surface area contributed by atoms with Crippen molar-refractivity contribution in [2.75, 3.05) is 12.3 Å². The molecule has 0 radical (unpaired) electrons. The Hall–Kier alpha value is -1.69. The van der Waals surface area contributed by atoms with Gasteiger partial charge in [0.25, 0.3) is 0 Å². The SMILES string of the molecule is Fc1ccc(C2=CC=CN3CCSN=C23)c(F)c1F. The molecule has 0 aliphatic carbocycles. The Labute approximate surface area is 112 Å². The zero-order valence-corrected chi connectivity index (χ0v) is 10.6. The third-order valence-corrected chi connectivity index (χ3v) is 3.61. The minimum Gasteiger partial charge on any atom is -0.331 e. The quantitative estimate of drug-likeness (QED) is 0.579. The molecule has 3 rings (SSSR count). The van der Waals surface area contributed by atoms with Crippen molar-refractivity contribution >= 4 is 23.4 Å². The molecule has 19 heavy (non-hydrogen) atoms. The molecule has 0 saturated heterocycles. The zero-order valence-electron chi connectivity index (χ0n) is 9.74. The predicted octanol–water partition coefficient (Wildman–Crippen LogP) is 3.38. The molecule has 2 nitrogen and oxygen atoms in total. The van der Waals surface area contributed by atoms with E-state index in [1.807, 2.05) is 11.1 Å². The highest BCUT2D eigenvalue weighted by atomic mass is 32.2. The van der Waals surface area contributed by atoms with E-state index in [-0.39, 0.29) is 5.56 Å². The van der Waals surface area contributed by atoms with Crippen molar-refractivity contribution < 1.29 is 13.2 Å². The minimum atomic E-state index is -1.46. The van der Waals surface area contributed by atoms with E-state index in [0.29, 0.717) is 11.4 Å². The summed E-state index contributed by atoms with van der Waals surface area (Å²) in [5, 5.41) is 0. The maximum atomic E-state index is 13.8. The number of fused-ring (bicyclic) bond motifs is 1. The summed E-state index contributed by atoms with van der Waals surface area (Å²) in [6.45, 7) is 0.753. The summed E-state index contributed by atoms with van der Waals surface area (Å²) in [4.78, 5) is 1.87. The molecule has 0 saturated carbocycles. The van der Waals surface area contributed by atoms with Crippen LogP contribution in [-0.2, 0) is 0 Å². The zero-order chi connectivity index (χ0) is 13.4. The van der Waals surface area contributed by atoms with Gasteiger partial charge in [-0.05, 0) is 36.2 Å². The molecule has 0 unspecified atom stereocenters. The third-order valence-electron chi connectivity index (χ3n) is 2.94. The number of allylic oxidation sites excluding steroid dienone is 2. The van der Waals surface area contributed by atoms with Crippen molar-refractivity contribution in [3.05, 3.63) is 53.5 Å². The first-order valence-electron chi connectivity index (χ1n) is 5.68. The van der Waals surface area contributed by atoms with Gasteiger partial charge in [-0.25, -0.2) is 13.2 Å². The first-order chi connectivity index (χ1) is 9.18. The van der Waals surface area contributed by atoms with Crippen LogP contribution in [0.25, 0.3) is 5.57 Å². The molecule has 98 valence electrons. The molecule has 1 aromatic carbocycles. The molecule has 0 N–H and O–H groups in total. The molecule has 0 atom stereocenters. The van der Waals surface area contributed by atoms with E-state index in [2.05, 4.69) is 4.40 Å². The van der Waals surface area contributed by atoms with Gasteiger partial charge in [0.2, 0.25) is 0 Å². The van der Waals surface area contributed by atoms with E-state index in [0.717, 1.165) is 18.4 Å². The van der Waals surface area contributed by atoms with Crippen molar-refractivity contribution in [1.29, 1.82) is 0 Å². The smallest absolute Gasteiger partial charge is 0.195 e. The second kappa shape index (κ2) is 4.77. The predicted molar refractivity (Wildman–Crippen MR) is 70.0 cm³/mol. The molecule has 0 spiro atoms. The van der Waals surface area contributed by atoms with Gasteiger partial charge >= 0.3 is 0 Å². The Morgan fingerprint density at radius 2 is 2.00 bits per heavy atom. The van der Waals surface area contributed by atoms with Crippen LogP contribution >= 0.6 is 11.9 Å². The van der Waals surface area contributed by atoms with Gasteiger partial charge in [-0.2, -0.15) is 4.40 Å². The molecular weight excluding hydrogens is 273 g/mol. The van der Waals surface area contributed by atoms with Crippen molar-refractivity contribution in [3.8, 4) is 0 Å². The number of benzene rings is 1. The van der Waals surface area contributed by atoms with Crippen LogP contribution in [0.3, 0.4) is 0 Å². The summed E-state index contributed by atoms with van der Waals surface area (Å²) in [6.07, 6.45) is 5.22. The molecule has 1 aromatic rings. The van der Waals surface area contributed by atoms with Gasteiger partial charge in [0.1, 0.15) is 5.84 Å². The van der Waals surface area contributed by atoms with E-state index in [9.17, 15) is 13.2 Å². The molecule has 2 heterocycles. The molecule has 0 fully saturated rings. The highest BCUT2D eigenvalue weighted by Crippen LogP contribution is 2.29. The summed E-state index contributed by atoms with van der Waals surface area (Å²) < 4.78 is 44.4. The maximum Gasteiger partial charge on any atom is 0.195 e. The summed E-state index contributed by atoms with van der Waals surface area (Å²) >= 11 is 1.37. The van der Waals surface area contributed by atoms with Crippen molar-refractivity contribution in [3.63, 3.8) is 0 Å². The van der Waals surface area contributed by atoms with Crippen LogP contribution in [0.4, 0.5) is 13.2 Å².